The predicted octanol–water partition coefficient (Wildman–Crippen LogP) is 2.66. The quantitative estimate of drug-likeness (QED) is 0.663. The highest BCUT2D eigenvalue weighted by atomic mass is 35.5. The van der Waals surface area contributed by atoms with Crippen molar-refractivity contribution < 1.29 is 4.39 Å². The maximum Gasteiger partial charge on any atom is 0.272 e. The van der Waals surface area contributed by atoms with Crippen LogP contribution in [-0.4, -0.2) is 9.38 Å². The Morgan fingerprint density at radius 2 is 2.12 bits per heavy atom. The van der Waals surface area contributed by atoms with Crippen LogP contribution in [0.25, 0.3) is 16.6 Å². The molecule has 3 nitrogen and oxygen atoms in total. The molecule has 2 aromatic heterocycles. The van der Waals surface area contributed by atoms with Gasteiger partial charge in [-0.2, -0.15) is 0 Å². The van der Waals surface area contributed by atoms with Gasteiger partial charge in [0.1, 0.15) is 11.0 Å². The van der Waals surface area contributed by atoms with Gasteiger partial charge in [0.15, 0.2) is 5.82 Å². The van der Waals surface area contributed by atoms with Crippen molar-refractivity contribution in [2.45, 2.75) is 5.88 Å². The van der Waals surface area contributed by atoms with Gasteiger partial charge in [0.05, 0.1) is 11.4 Å². The lowest BCUT2D eigenvalue weighted by molar-refractivity contribution is 0.625. The topological polar surface area (TPSA) is 37.3 Å². The van der Waals surface area contributed by atoms with Crippen molar-refractivity contribution in [1.82, 2.24) is 9.38 Å². The first-order valence-electron chi connectivity index (χ1n) is 5.09. The second-order valence-corrected chi connectivity index (χ2v) is 4.05. The minimum atomic E-state index is -0.467. The van der Waals surface area contributed by atoms with Crippen molar-refractivity contribution in [1.29, 1.82) is 0 Å². The van der Waals surface area contributed by atoms with Crippen LogP contribution < -0.4 is 5.56 Å². The highest BCUT2D eigenvalue weighted by Crippen LogP contribution is 2.20. The summed E-state index contributed by atoms with van der Waals surface area (Å²) in [5.74, 6) is -0.391. The van der Waals surface area contributed by atoms with Crippen molar-refractivity contribution in [2.24, 2.45) is 0 Å². The van der Waals surface area contributed by atoms with Crippen molar-refractivity contribution in [3.05, 3.63) is 52.2 Å². The van der Waals surface area contributed by atoms with E-state index >= 15 is 0 Å². The number of benzene rings is 1. The number of halogens is 2. The van der Waals surface area contributed by atoms with Gasteiger partial charge in [0.2, 0.25) is 0 Å². The zero-order chi connectivity index (χ0) is 12.0. The number of H-pyrrole nitrogens is 1. The average molecular weight is 251 g/mol. The highest BCUT2D eigenvalue weighted by Gasteiger charge is 2.11. The second-order valence-electron chi connectivity index (χ2n) is 3.78. The van der Waals surface area contributed by atoms with E-state index in [0.717, 1.165) is 0 Å². The number of hydrogen-bond donors (Lipinski definition) is 1. The predicted molar refractivity (Wildman–Crippen MR) is 65.0 cm³/mol. The van der Waals surface area contributed by atoms with Crippen LogP contribution in [0.4, 0.5) is 4.39 Å². The molecule has 3 rings (SSSR count). The zero-order valence-corrected chi connectivity index (χ0v) is 9.46. The Kier molecular flexibility index (Phi) is 2.19. The molecule has 86 valence electrons. The molecule has 0 spiro atoms. The smallest absolute Gasteiger partial charge is 0.272 e. The first kappa shape index (κ1) is 10.4. The van der Waals surface area contributed by atoms with Crippen LogP contribution in [0, 0.1) is 5.82 Å². The number of nitrogens with zero attached hydrogens (tertiary/aromatic N) is 1. The van der Waals surface area contributed by atoms with Crippen LogP contribution in [-0.2, 0) is 5.88 Å². The van der Waals surface area contributed by atoms with Crippen molar-refractivity contribution in [2.75, 3.05) is 0 Å². The van der Waals surface area contributed by atoms with Crippen LogP contribution in [0.5, 0.6) is 0 Å². The molecule has 0 aliphatic carbocycles. The summed E-state index contributed by atoms with van der Waals surface area (Å²) in [4.78, 5) is 14.3. The van der Waals surface area contributed by atoms with Crippen LogP contribution >= 0.6 is 11.6 Å². The Labute approximate surface area is 100 Å². The van der Waals surface area contributed by atoms with Crippen molar-refractivity contribution in [3.63, 3.8) is 0 Å². The molecule has 1 N–H and O–H groups in total. The van der Waals surface area contributed by atoms with E-state index in [9.17, 15) is 9.18 Å². The Hall–Kier alpha value is -1.81. The van der Waals surface area contributed by atoms with E-state index in [2.05, 4.69) is 4.98 Å². The molecule has 0 bridgehead atoms. The van der Waals surface area contributed by atoms with E-state index in [1.165, 1.54) is 0 Å². The SMILES string of the molecule is O=c1[nH]c2c(F)c(CCl)ccc2n2cccc12. The number of hydrogen-bond acceptors (Lipinski definition) is 1. The zero-order valence-electron chi connectivity index (χ0n) is 8.71. The maximum absolute atomic E-state index is 14.0. The summed E-state index contributed by atoms with van der Waals surface area (Å²) in [6.45, 7) is 0. The molecule has 0 atom stereocenters. The van der Waals surface area contributed by atoms with Gasteiger partial charge in [-0.05, 0) is 18.2 Å². The molecule has 0 saturated heterocycles. The Bertz CT molecular complexity index is 775. The van der Waals surface area contributed by atoms with Crippen LogP contribution in [0.15, 0.2) is 35.3 Å². The summed E-state index contributed by atoms with van der Waals surface area (Å²) >= 11 is 5.63. The summed E-state index contributed by atoms with van der Waals surface area (Å²) in [7, 11) is 0. The molecule has 0 amide bonds. The van der Waals surface area contributed by atoms with E-state index in [0.29, 0.717) is 16.6 Å². The average Bonchev–Trinajstić information content (AvgIpc) is 2.81. The van der Waals surface area contributed by atoms with Gasteiger partial charge in [-0.1, -0.05) is 6.07 Å². The molecule has 5 heteroatoms. The first-order valence-corrected chi connectivity index (χ1v) is 5.62. The molecule has 0 unspecified atom stereocenters. The molecular weight excluding hydrogens is 243 g/mol. The minimum Gasteiger partial charge on any atom is -0.316 e. The van der Waals surface area contributed by atoms with E-state index in [1.807, 2.05) is 0 Å². The minimum absolute atomic E-state index is 0.0769. The van der Waals surface area contributed by atoms with Gasteiger partial charge < -0.3 is 9.38 Å². The van der Waals surface area contributed by atoms with Gasteiger partial charge in [0.25, 0.3) is 5.56 Å². The van der Waals surface area contributed by atoms with Crippen LogP contribution in [0.1, 0.15) is 5.56 Å². The molecule has 0 aliphatic rings. The normalized spacial score (nSPS) is 11.4. The summed E-state index contributed by atoms with van der Waals surface area (Å²) in [6.07, 6.45) is 1.73. The third-order valence-electron chi connectivity index (χ3n) is 2.82. The van der Waals surface area contributed by atoms with Gasteiger partial charge in [-0.3, -0.25) is 4.79 Å². The molecule has 0 saturated carbocycles. The van der Waals surface area contributed by atoms with Gasteiger partial charge in [-0.25, -0.2) is 4.39 Å². The highest BCUT2D eigenvalue weighted by molar-refractivity contribution is 6.17. The van der Waals surface area contributed by atoms with Crippen LogP contribution in [0.3, 0.4) is 0 Å². The van der Waals surface area contributed by atoms with E-state index < -0.39 is 5.82 Å². The molecule has 2 heterocycles. The molecule has 0 aliphatic heterocycles. The Morgan fingerprint density at radius 3 is 2.88 bits per heavy atom. The summed E-state index contributed by atoms with van der Waals surface area (Å²) in [5.41, 5.74) is 1.37. The molecule has 17 heavy (non-hydrogen) atoms. The molecule has 1 aromatic carbocycles. The Balaban J connectivity index is 2.58. The molecule has 0 fully saturated rings. The fourth-order valence-electron chi connectivity index (χ4n) is 1.99. The maximum atomic E-state index is 14.0. The number of aromatic amines is 1. The van der Waals surface area contributed by atoms with E-state index in [1.54, 1.807) is 34.9 Å². The fraction of sp³-hybridized carbons (Fsp3) is 0.0833. The van der Waals surface area contributed by atoms with Crippen molar-refractivity contribution >= 4 is 28.2 Å². The molecule has 3 aromatic rings. The lowest BCUT2D eigenvalue weighted by Crippen LogP contribution is -2.11. The number of aromatic nitrogens is 2. The van der Waals surface area contributed by atoms with E-state index in [4.69, 9.17) is 11.6 Å². The van der Waals surface area contributed by atoms with Gasteiger partial charge in [0, 0.05) is 11.8 Å². The first-order chi connectivity index (χ1) is 8.22. The van der Waals surface area contributed by atoms with E-state index in [-0.39, 0.29) is 17.0 Å². The van der Waals surface area contributed by atoms with Crippen LogP contribution in [0.2, 0.25) is 0 Å². The number of rotatable bonds is 1. The summed E-state index contributed by atoms with van der Waals surface area (Å²) in [5, 5.41) is 0. The monoisotopic (exact) mass is 250 g/mol. The summed E-state index contributed by atoms with van der Waals surface area (Å²) < 4.78 is 15.7. The van der Waals surface area contributed by atoms with Gasteiger partial charge in [-0.15, -0.1) is 11.6 Å². The standard InChI is InChI=1S/C12H8ClFN2O/c13-6-7-3-4-8-11(10(7)14)15-12(17)9-2-1-5-16(8)9/h1-5H,6H2,(H,15,17). The lowest BCUT2D eigenvalue weighted by Gasteiger charge is -2.06. The van der Waals surface area contributed by atoms with Gasteiger partial charge >= 0.3 is 0 Å². The number of nitrogens with one attached hydrogen (secondary N) is 1. The third-order valence-corrected chi connectivity index (χ3v) is 3.11. The summed E-state index contributed by atoms with van der Waals surface area (Å²) in [6, 6.07) is 6.81. The number of fused-ring (bicyclic) bond motifs is 3. The van der Waals surface area contributed by atoms with Crippen molar-refractivity contribution in [3.8, 4) is 0 Å². The second kappa shape index (κ2) is 3.60. The molecular formula is C12H8ClFN2O. The largest absolute Gasteiger partial charge is 0.316 e. The number of alkyl halides is 1. The molecule has 0 radical (unpaired) electrons. The Morgan fingerprint density at radius 1 is 1.29 bits per heavy atom. The third kappa shape index (κ3) is 1.37. The fourth-order valence-corrected chi connectivity index (χ4v) is 2.19. The lowest BCUT2D eigenvalue weighted by atomic mass is 10.2.